The molecule has 0 saturated carbocycles. The van der Waals surface area contributed by atoms with Crippen LogP contribution in [0.1, 0.15) is 24.5 Å². The van der Waals surface area contributed by atoms with Crippen molar-refractivity contribution in [1.29, 1.82) is 0 Å². The summed E-state index contributed by atoms with van der Waals surface area (Å²) in [5.74, 6) is -1.87. The van der Waals surface area contributed by atoms with Crippen molar-refractivity contribution in [3.8, 4) is 5.75 Å². The molecule has 0 fully saturated rings. The normalized spacial score (nSPS) is 11.8. The second-order valence-corrected chi connectivity index (χ2v) is 6.33. The number of hydrogen-bond donors (Lipinski definition) is 0. The van der Waals surface area contributed by atoms with E-state index in [9.17, 15) is 17.6 Å². The van der Waals surface area contributed by atoms with Crippen molar-refractivity contribution >= 4 is 22.4 Å². The summed E-state index contributed by atoms with van der Waals surface area (Å²) in [6.45, 7) is 1.92. The van der Waals surface area contributed by atoms with Gasteiger partial charge in [-0.2, -0.15) is 8.78 Å². The van der Waals surface area contributed by atoms with E-state index in [-0.39, 0.29) is 16.2 Å². The van der Waals surface area contributed by atoms with Gasteiger partial charge in [0.1, 0.15) is 17.4 Å². The first-order valence-corrected chi connectivity index (χ1v) is 8.43. The topological polar surface area (TPSA) is 9.23 Å². The van der Waals surface area contributed by atoms with Crippen LogP contribution in [0.25, 0.3) is 10.8 Å². The Labute approximate surface area is 153 Å². The first kappa shape index (κ1) is 18.5. The van der Waals surface area contributed by atoms with Crippen LogP contribution in [0.15, 0.2) is 48.5 Å². The minimum atomic E-state index is -3.87. The molecule has 3 rings (SSSR count). The van der Waals surface area contributed by atoms with E-state index in [1.54, 1.807) is 0 Å². The lowest BCUT2D eigenvalue weighted by molar-refractivity contribution is -0.187. The van der Waals surface area contributed by atoms with Crippen LogP contribution in [0.5, 0.6) is 5.75 Å². The molecule has 1 nitrogen and oxygen atoms in total. The maximum Gasteiger partial charge on any atom is 0.429 e. The van der Waals surface area contributed by atoms with E-state index in [0.29, 0.717) is 17.4 Å². The third kappa shape index (κ3) is 3.63. The molecule has 0 aliphatic rings. The van der Waals surface area contributed by atoms with Gasteiger partial charge in [0.2, 0.25) is 0 Å². The Morgan fingerprint density at radius 2 is 1.77 bits per heavy atom. The minimum Gasteiger partial charge on any atom is -0.429 e. The molecule has 0 aromatic heterocycles. The maximum atomic E-state index is 14.4. The molecule has 0 heterocycles. The van der Waals surface area contributed by atoms with Crippen LogP contribution >= 0.6 is 11.6 Å². The zero-order valence-corrected chi connectivity index (χ0v) is 14.6. The molecule has 26 heavy (non-hydrogen) atoms. The average molecular weight is 383 g/mol. The van der Waals surface area contributed by atoms with Crippen molar-refractivity contribution in [2.24, 2.45) is 0 Å². The van der Waals surface area contributed by atoms with Gasteiger partial charge in [-0.1, -0.05) is 37.1 Å². The molecule has 6 heteroatoms. The average Bonchev–Trinajstić information content (AvgIpc) is 2.58. The number of rotatable bonds is 5. The van der Waals surface area contributed by atoms with Crippen molar-refractivity contribution in [1.82, 2.24) is 0 Å². The molecule has 0 radical (unpaired) electrons. The largest absolute Gasteiger partial charge is 0.429 e. The Hall–Kier alpha value is -2.27. The lowest BCUT2D eigenvalue weighted by Crippen LogP contribution is -2.23. The van der Waals surface area contributed by atoms with E-state index in [1.807, 2.05) is 6.92 Å². The Kier molecular flexibility index (Phi) is 5.10. The fourth-order valence-electron chi connectivity index (χ4n) is 2.75. The monoisotopic (exact) mass is 382 g/mol. The fraction of sp³-hybridized carbons (Fsp3) is 0.200. The Balaban J connectivity index is 1.92. The number of alkyl halides is 2. The minimum absolute atomic E-state index is 0.0641. The van der Waals surface area contributed by atoms with Gasteiger partial charge < -0.3 is 4.74 Å². The number of fused-ring (bicyclic) bond motifs is 1. The second kappa shape index (κ2) is 7.16. The van der Waals surface area contributed by atoms with Crippen LogP contribution in [-0.4, -0.2) is 0 Å². The van der Waals surface area contributed by atoms with Crippen LogP contribution in [0.3, 0.4) is 0 Å². The van der Waals surface area contributed by atoms with Crippen molar-refractivity contribution in [2.75, 3.05) is 0 Å². The van der Waals surface area contributed by atoms with Crippen LogP contribution in [0.2, 0.25) is 5.02 Å². The van der Waals surface area contributed by atoms with Crippen LogP contribution in [0, 0.1) is 11.6 Å². The van der Waals surface area contributed by atoms with Gasteiger partial charge in [0.05, 0.1) is 10.6 Å². The predicted octanol–water partition coefficient (Wildman–Crippen LogP) is 6.85. The highest BCUT2D eigenvalue weighted by Gasteiger charge is 2.37. The van der Waals surface area contributed by atoms with Gasteiger partial charge in [-0.25, -0.2) is 8.78 Å². The summed E-state index contributed by atoms with van der Waals surface area (Å²) >= 11 is 5.70. The first-order chi connectivity index (χ1) is 12.3. The molecule has 3 aromatic carbocycles. The standard InChI is InChI=1S/C20H15ClF4O/c1-2-3-12-4-8-16(18(22)10-12)20(24,25)26-14-6-7-15-13(11-14)5-9-17(21)19(15)23/h4-11H,2-3H2,1H3. The number of ether oxygens (including phenoxy) is 1. The molecule has 0 atom stereocenters. The van der Waals surface area contributed by atoms with E-state index in [0.717, 1.165) is 18.6 Å². The molecule has 3 aromatic rings. The molecule has 0 saturated heterocycles. The number of benzene rings is 3. The van der Waals surface area contributed by atoms with Crippen LogP contribution in [0.4, 0.5) is 17.6 Å². The Bertz CT molecular complexity index is 956. The van der Waals surface area contributed by atoms with Gasteiger partial charge >= 0.3 is 6.11 Å². The smallest absolute Gasteiger partial charge is 0.429 e. The van der Waals surface area contributed by atoms with E-state index in [4.69, 9.17) is 16.3 Å². The van der Waals surface area contributed by atoms with Gasteiger partial charge in [-0.3, -0.25) is 0 Å². The molecular weight excluding hydrogens is 368 g/mol. The van der Waals surface area contributed by atoms with Crippen LogP contribution in [-0.2, 0) is 12.5 Å². The van der Waals surface area contributed by atoms with Gasteiger partial charge in [0.15, 0.2) is 0 Å². The number of hydrogen-bond acceptors (Lipinski definition) is 1. The molecule has 0 spiro atoms. The summed E-state index contributed by atoms with van der Waals surface area (Å²) in [6.07, 6.45) is -2.49. The van der Waals surface area contributed by atoms with Gasteiger partial charge in [0, 0.05) is 5.39 Å². The van der Waals surface area contributed by atoms with Gasteiger partial charge in [0.25, 0.3) is 0 Å². The SMILES string of the molecule is CCCc1ccc(C(F)(F)Oc2ccc3c(F)c(Cl)ccc3c2)c(F)c1. The summed E-state index contributed by atoms with van der Waals surface area (Å²) < 4.78 is 61.5. The lowest BCUT2D eigenvalue weighted by Gasteiger charge is -2.19. The molecule has 0 amide bonds. The Morgan fingerprint density at radius 1 is 1.00 bits per heavy atom. The third-order valence-corrected chi connectivity index (χ3v) is 4.30. The van der Waals surface area contributed by atoms with E-state index in [1.165, 1.54) is 36.4 Å². The highest BCUT2D eigenvalue weighted by Crippen LogP contribution is 2.35. The highest BCUT2D eigenvalue weighted by molar-refractivity contribution is 6.31. The van der Waals surface area contributed by atoms with Crippen molar-refractivity contribution in [3.05, 3.63) is 76.3 Å². The summed E-state index contributed by atoms with van der Waals surface area (Å²) in [5.41, 5.74) is -0.206. The van der Waals surface area contributed by atoms with E-state index in [2.05, 4.69) is 0 Å². The molecule has 0 bridgehead atoms. The van der Waals surface area contributed by atoms with Gasteiger partial charge in [-0.15, -0.1) is 0 Å². The first-order valence-electron chi connectivity index (χ1n) is 8.05. The highest BCUT2D eigenvalue weighted by atomic mass is 35.5. The zero-order chi connectivity index (χ0) is 18.9. The lowest BCUT2D eigenvalue weighted by atomic mass is 10.1. The molecule has 0 N–H and O–H groups in total. The molecule has 0 aliphatic heterocycles. The fourth-order valence-corrected chi connectivity index (χ4v) is 2.91. The van der Waals surface area contributed by atoms with E-state index < -0.39 is 23.3 Å². The van der Waals surface area contributed by atoms with Crippen molar-refractivity contribution < 1.29 is 22.3 Å². The second-order valence-electron chi connectivity index (χ2n) is 5.93. The van der Waals surface area contributed by atoms with E-state index >= 15 is 0 Å². The molecule has 0 unspecified atom stereocenters. The summed E-state index contributed by atoms with van der Waals surface area (Å²) in [4.78, 5) is 0. The maximum absolute atomic E-state index is 14.4. The summed E-state index contributed by atoms with van der Waals surface area (Å²) in [5, 5.41) is 0.466. The molecule has 136 valence electrons. The van der Waals surface area contributed by atoms with Crippen LogP contribution < -0.4 is 4.74 Å². The summed E-state index contributed by atoms with van der Waals surface area (Å²) in [7, 11) is 0. The third-order valence-electron chi connectivity index (χ3n) is 4.01. The molecular formula is C20H15ClF4O. The number of halogens is 5. The Morgan fingerprint density at radius 3 is 2.46 bits per heavy atom. The quantitative estimate of drug-likeness (QED) is 0.438. The summed E-state index contributed by atoms with van der Waals surface area (Å²) in [6, 6.07) is 10.1. The van der Waals surface area contributed by atoms with Crippen molar-refractivity contribution in [3.63, 3.8) is 0 Å². The van der Waals surface area contributed by atoms with Crippen molar-refractivity contribution in [2.45, 2.75) is 25.9 Å². The zero-order valence-electron chi connectivity index (χ0n) is 13.8. The number of aryl methyl sites for hydroxylation is 1. The molecule has 0 aliphatic carbocycles. The van der Waals surface area contributed by atoms with Gasteiger partial charge in [-0.05, 0) is 53.8 Å². The predicted molar refractivity (Wildman–Crippen MR) is 93.8 cm³/mol.